The lowest BCUT2D eigenvalue weighted by Gasteiger charge is -2.25. The molecule has 0 aliphatic heterocycles. The number of carbonyl (C=O) groups is 2. The molecule has 1 rings (SSSR count). The molecule has 0 fully saturated rings. The molecule has 0 heterocycles. The van der Waals surface area contributed by atoms with Gasteiger partial charge in [0, 0.05) is 13.7 Å². The van der Waals surface area contributed by atoms with Gasteiger partial charge in [0.15, 0.2) is 0 Å². The van der Waals surface area contributed by atoms with Gasteiger partial charge in [-0.1, -0.05) is 30.3 Å². The van der Waals surface area contributed by atoms with Crippen LogP contribution in [0.25, 0.3) is 0 Å². The number of aliphatic hydroxyl groups excluding tert-OH is 1. The van der Waals surface area contributed by atoms with E-state index in [1.165, 1.54) is 7.11 Å². The van der Waals surface area contributed by atoms with E-state index in [4.69, 9.17) is 14.9 Å². The summed E-state index contributed by atoms with van der Waals surface area (Å²) in [6, 6.07) is 8.12. The fourth-order valence-electron chi connectivity index (χ4n) is 1.66. The summed E-state index contributed by atoms with van der Waals surface area (Å²) in [5, 5.41) is 20.6. The van der Waals surface area contributed by atoms with E-state index in [-0.39, 0.29) is 13.2 Å². The van der Waals surface area contributed by atoms with E-state index < -0.39 is 24.8 Å². The zero-order valence-electron chi connectivity index (χ0n) is 11.2. The fourth-order valence-corrected chi connectivity index (χ4v) is 1.66. The van der Waals surface area contributed by atoms with Crippen LogP contribution in [-0.4, -0.2) is 53.6 Å². The van der Waals surface area contributed by atoms with Crippen molar-refractivity contribution in [3.05, 3.63) is 35.9 Å². The van der Waals surface area contributed by atoms with E-state index in [1.54, 1.807) is 0 Å². The van der Waals surface area contributed by atoms with Gasteiger partial charge >= 0.3 is 6.09 Å². The van der Waals surface area contributed by atoms with E-state index >= 15 is 0 Å². The van der Waals surface area contributed by atoms with Crippen molar-refractivity contribution < 1.29 is 24.5 Å². The van der Waals surface area contributed by atoms with Gasteiger partial charge < -0.3 is 20.3 Å². The van der Waals surface area contributed by atoms with E-state index in [1.807, 2.05) is 30.3 Å². The first-order chi connectivity index (χ1) is 9.60. The SMILES string of the molecule is COCC(C(=O)NCc1ccccc1)N(CO)C(=O)O. The smallest absolute Gasteiger partial charge is 0.409 e. The van der Waals surface area contributed by atoms with Gasteiger partial charge in [-0.3, -0.25) is 9.69 Å². The summed E-state index contributed by atoms with van der Waals surface area (Å²) in [6.45, 7) is -0.631. The highest BCUT2D eigenvalue weighted by molar-refractivity contribution is 5.85. The van der Waals surface area contributed by atoms with Crippen LogP contribution in [0.1, 0.15) is 5.56 Å². The highest BCUT2D eigenvalue weighted by atomic mass is 16.5. The van der Waals surface area contributed by atoms with Crippen LogP contribution in [0.2, 0.25) is 0 Å². The summed E-state index contributed by atoms with van der Waals surface area (Å²) >= 11 is 0. The van der Waals surface area contributed by atoms with Gasteiger partial charge in [0.05, 0.1) is 6.61 Å². The number of hydrogen-bond donors (Lipinski definition) is 3. The predicted molar refractivity (Wildman–Crippen MR) is 70.9 cm³/mol. The second kappa shape index (κ2) is 8.13. The molecule has 0 spiro atoms. The van der Waals surface area contributed by atoms with Crippen LogP contribution in [-0.2, 0) is 16.1 Å². The van der Waals surface area contributed by atoms with Crippen LogP contribution >= 0.6 is 0 Å². The number of aliphatic hydroxyl groups is 1. The van der Waals surface area contributed by atoms with Gasteiger partial charge in [0.2, 0.25) is 5.91 Å². The third-order valence-electron chi connectivity index (χ3n) is 2.71. The highest BCUT2D eigenvalue weighted by Crippen LogP contribution is 2.03. The molecule has 1 aromatic rings. The first-order valence-electron chi connectivity index (χ1n) is 6.01. The zero-order chi connectivity index (χ0) is 15.0. The first-order valence-corrected chi connectivity index (χ1v) is 6.01. The molecule has 20 heavy (non-hydrogen) atoms. The number of nitrogens with zero attached hydrogens (tertiary/aromatic N) is 1. The molecule has 0 aliphatic carbocycles. The van der Waals surface area contributed by atoms with Crippen molar-refractivity contribution in [2.24, 2.45) is 0 Å². The van der Waals surface area contributed by atoms with Crippen molar-refractivity contribution >= 4 is 12.0 Å². The molecular weight excluding hydrogens is 264 g/mol. The van der Waals surface area contributed by atoms with Crippen molar-refractivity contribution in [2.75, 3.05) is 20.4 Å². The molecule has 2 amide bonds. The second-order valence-electron chi connectivity index (χ2n) is 4.07. The molecule has 0 saturated carbocycles. The van der Waals surface area contributed by atoms with Gasteiger partial charge in [-0.25, -0.2) is 4.79 Å². The minimum absolute atomic E-state index is 0.131. The van der Waals surface area contributed by atoms with Crippen molar-refractivity contribution in [2.45, 2.75) is 12.6 Å². The zero-order valence-corrected chi connectivity index (χ0v) is 11.2. The Balaban J connectivity index is 2.66. The van der Waals surface area contributed by atoms with Crippen LogP contribution in [0.4, 0.5) is 4.79 Å². The molecule has 1 aromatic carbocycles. The average molecular weight is 282 g/mol. The number of carboxylic acid groups (broad SMARTS) is 1. The lowest BCUT2D eigenvalue weighted by molar-refractivity contribution is -0.129. The van der Waals surface area contributed by atoms with Gasteiger partial charge in [-0.15, -0.1) is 0 Å². The molecule has 110 valence electrons. The Morgan fingerprint density at radius 2 is 2.00 bits per heavy atom. The quantitative estimate of drug-likeness (QED) is 0.622. The number of carbonyl (C=O) groups excluding carboxylic acids is 1. The van der Waals surface area contributed by atoms with Crippen LogP contribution in [0.5, 0.6) is 0 Å². The van der Waals surface area contributed by atoms with Crippen molar-refractivity contribution in [3.8, 4) is 0 Å². The van der Waals surface area contributed by atoms with E-state index in [9.17, 15) is 9.59 Å². The van der Waals surface area contributed by atoms with E-state index in [2.05, 4.69) is 5.32 Å². The Kier molecular flexibility index (Phi) is 6.48. The number of amides is 2. The molecule has 1 unspecified atom stereocenters. The lowest BCUT2D eigenvalue weighted by Crippen LogP contribution is -2.51. The van der Waals surface area contributed by atoms with E-state index in [0.29, 0.717) is 4.90 Å². The van der Waals surface area contributed by atoms with Crippen LogP contribution in [0.15, 0.2) is 30.3 Å². The van der Waals surface area contributed by atoms with Crippen molar-refractivity contribution in [3.63, 3.8) is 0 Å². The van der Waals surface area contributed by atoms with Crippen LogP contribution < -0.4 is 5.32 Å². The minimum Gasteiger partial charge on any atom is -0.465 e. The Hall–Kier alpha value is -2.12. The average Bonchev–Trinajstić information content (AvgIpc) is 2.45. The number of rotatable bonds is 7. The molecular formula is C13H18N2O5. The molecule has 1 atom stereocenters. The van der Waals surface area contributed by atoms with Crippen molar-refractivity contribution in [1.82, 2.24) is 10.2 Å². The van der Waals surface area contributed by atoms with E-state index in [0.717, 1.165) is 5.56 Å². The van der Waals surface area contributed by atoms with Crippen LogP contribution in [0, 0.1) is 0 Å². The largest absolute Gasteiger partial charge is 0.465 e. The van der Waals surface area contributed by atoms with Gasteiger partial charge in [0.1, 0.15) is 12.8 Å². The maximum absolute atomic E-state index is 12.0. The number of nitrogens with one attached hydrogen (secondary N) is 1. The second-order valence-corrected chi connectivity index (χ2v) is 4.07. The summed E-state index contributed by atoms with van der Waals surface area (Å²) in [4.78, 5) is 23.6. The standard InChI is InChI=1S/C13H18N2O5/c1-20-8-11(15(9-16)13(18)19)12(17)14-7-10-5-3-2-4-6-10/h2-6,11,16H,7-9H2,1H3,(H,14,17)(H,18,19). The Labute approximate surface area is 116 Å². The topological polar surface area (TPSA) is 99.1 Å². The molecule has 0 aromatic heterocycles. The summed E-state index contributed by atoms with van der Waals surface area (Å²) in [5.74, 6) is -0.521. The number of hydrogen-bond acceptors (Lipinski definition) is 4. The Morgan fingerprint density at radius 1 is 1.35 bits per heavy atom. The lowest BCUT2D eigenvalue weighted by atomic mass is 10.2. The molecule has 7 nitrogen and oxygen atoms in total. The van der Waals surface area contributed by atoms with Crippen LogP contribution in [0.3, 0.4) is 0 Å². The number of methoxy groups -OCH3 is 1. The van der Waals surface area contributed by atoms with Crippen molar-refractivity contribution in [1.29, 1.82) is 0 Å². The molecule has 0 bridgehead atoms. The summed E-state index contributed by atoms with van der Waals surface area (Å²) < 4.78 is 4.83. The number of ether oxygens (including phenoxy) is 1. The first kappa shape index (κ1) is 15.9. The molecule has 7 heteroatoms. The highest BCUT2D eigenvalue weighted by Gasteiger charge is 2.29. The minimum atomic E-state index is -1.38. The Bertz CT molecular complexity index is 438. The maximum Gasteiger partial charge on any atom is 0.409 e. The predicted octanol–water partition coefficient (Wildman–Crippen LogP) is 0.248. The molecule has 0 aliphatic rings. The molecule has 0 saturated heterocycles. The normalized spacial score (nSPS) is 11.7. The maximum atomic E-state index is 12.0. The summed E-state index contributed by atoms with van der Waals surface area (Å²) in [7, 11) is 1.36. The third-order valence-corrected chi connectivity index (χ3v) is 2.71. The van der Waals surface area contributed by atoms with Gasteiger partial charge in [-0.05, 0) is 5.56 Å². The van der Waals surface area contributed by atoms with Gasteiger partial charge in [0.25, 0.3) is 0 Å². The Morgan fingerprint density at radius 3 is 2.50 bits per heavy atom. The number of benzene rings is 1. The molecule has 3 N–H and O–H groups in total. The third kappa shape index (κ3) is 4.52. The monoisotopic (exact) mass is 282 g/mol. The summed E-state index contributed by atoms with van der Waals surface area (Å²) in [6.07, 6.45) is -1.38. The summed E-state index contributed by atoms with van der Waals surface area (Å²) in [5.41, 5.74) is 0.892. The fraction of sp³-hybridized carbons (Fsp3) is 0.385. The van der Waals surface area contributed by atoms with Gasteiger partial charge in [-0.2, -0.15) is 0 Å². The molecule has 0 radical (unpaired) electrons.